The molecule has 0 saturated carbocycles. The molecule has 3 aromatic heterocycles. The lowest BCUT2D eigenvalue weighted by Crippen LogP contribution is -2.27. The Hall–Kier alpha value is -3.38. The van der Waals surface area contributed by atoms with E-state index in [4.69, 9.17) is 4.84 Å². The van der Waals surface area contributed by atoms with Crippen molar-refractivity contribution in [3.63, 3.8) is 0 Å². The topological polar surface area (TPSA) is 51.8 Å². The highest BCUT2D eigenvalue weighted by Crippen LogP contribution is 2.23. The molecule has 0 spiro atoms. The fourth-order valence-electron chi connectivity index (χ4n) is 3.38. The van der Waals surface area contributed by atoms with E-state index in [0.717, 1.165) is 28.9 Å². The molecule has 134 valence electrons. The number of carbonyl (C=O) groups is 1. The van der Waals surface area contributed by atoms with Crippen molar-refractivity contribution in [3.05, 3.63) is 78.8 Å². The number of benzene rings is 1. The van der Waals surface area contributed by atoms with E-state index in [1.165, 1.54) is 5.06 Å². The molecule has 6 nitrogen and oxygen atoms in total. The lowest BCUT2D eigenvalue weighted by Gasteiger charge is -2.11. The molecule has 1 saturated heterocycles. The molecule has 0 unspecified atom stereocenters. The predicted molar refractivity (Wildman–Crippen MR) is 102 cm³/mol. The number of rotatable bonds is 3. The quantitative estimate of drug-likeness (QED) is 0.563. The van der Waals surface area contributed by atoms with Crippen LogP contribution < -0.4 is 0 Å². The molecule has 5 rings (SSSR count). The average Bonchev–Trinajstić information content (AvgIpc) is 3.47. The zero-order chi connectivity index (χ0) is 18.2. The number of hydrogen-bond acceptors (Lipinski definition) is 3. The molecular weight excluding hydrogens is 340 g/mol. The van der Waals surface area contributed by atoms with E-state index in [0.29, 0.717) is 18.8 Å². The third kappa shape index (κ3) is 2.80. The van der Waals surface area contributed by atoms with Crippen LogP contribution in [0.1, 0.15) is 16.9 Å². The van der Waals surface area contributed by atoms with Gasteiger partial charge >= 0.3 is 0 Å². The summed E-state index contributed by atoms with van der Waals surface area (Å²) < 4.78 is 3.81. The van der Waals surface area contributed by atoms with Gasteiger partial charge in [-0.2, -0.15) is 5.10 Å². The van der Waals surface area contributed by atoms with Gasteiger partial charge in [-0.25, -0.2) is 9.75 Å². The fourth-order valence-corrected chi connectivity index (χ4v) is 3.38. The second-order valence-corrected chi connectivity index (χ2v) is 6.51. The molecular formula is C21H18N4O2. The Morgan fingerprint density at radius 3 is 2.63 bits per heavy atom. The van der Waals surface area contributed by atoms with Crippen LogP contribution >= 0.6 is 0 Å². The summed E-state index contributed by atoms with van der Waals surface area (Å²) in [6.45, 7) is 1.19. The van der Waals surface area contributed by atoms with Crippen molar-refractivity contribution in [2.24, 2.45) is 0 Å². The van der Waals surface area contributed by atoms with Crippen molar-refractivity contribution in [2.45, 2.75) is 6.42 Å². The summed E-state index contributed by atoms with van der Waals surface area (Å²) in [5.41, 5.74) is 3.72. The van der Waals surface area contributed by atoms with Crippen molar-refractivity contribution in [1.29, 1.82) is 0 Å². The van der Waals surface area contributed by atoms with Gasteiger partial charge in [-0.05, 0) is 41.8 Å². The van der Waals surface area contributed by atoms with Crippen LogP contribution in [0.2, 0.25) is 0 Å². The highest BCUT2D eigenvalue weighted by molar-refractivity contribution is 5.91. The van der Waals surface area contributed by atoms with E-state index in [2.05, 4.69) is 40.0 Å². The van der Waals surface area contributed by atoms with Crippen LogP contribution in [-0.2, 0) is 4.84 Å². The summed E-state index contributed by atoms with van der Waals surface area (Å²) in [6.07, 6.45) is 4.76. The summed E-state index contributed by atoms with van der Waals surface area (Å²) in [7, 11) is 0. The molecule has 1 amide bonds. The summed E-state index contributed by atoms with van der Waals surface area (Å²) in [5, 5.41) is 5.86. The van der Waals surface area contributed by atoms with Crippen LogP contribution in [0.4, 0.5) is 0 Å². The number of nitrogens with zero attached hydrogens (tertiary/aromatic N) is 4. The number of fused-ring (bicyclic) bond motifs is 1. The highest BCUT2D eigenvalue weighted by Gasteiger charge is 2.23. The van der Waals surface area contributed by atoms with Gasteiger partial charge in [0.1, 0.15) is 5.82 Å². The van der Waals surface area contributed by atoms with Crippen molar-refractivity contribution < 1.29 is 9.63 Å². The molecule has 4 aromatic rings. The number of hydrogen-bond donors (Lipinski definition) is 0. The molecule has 27 heavy (non-hydrogen) atoms. The van der Waals surface area contributed by atoms with E-state index in [9.17, 15) is 4.79 Å². The minimum absolute atomic E-state index is 0.197. The molecule has 1 aliphatic rings. The van der Waals surface area contributed by atoms with Crippen LogP contribution in [0, 0.1) is 0 Å². The Balaban J connectivity index is 1.52. The maximum atomic E-state index is 12.5. The molecule has 4 heterocycles. The minimum Gasteiger partial charge on any atom is -0.301 e. The largest absolute Gasteiger partial charge is 0.301 e. The number of pyridine rings is 1. The van der Waals surface area contributed by atoms with Gasteiger partial charge in [-0.3, -0.25) is 9.63 Å². The third-order valence-electron chi connectivity index (χ3n) is 4.76. The first-order valence-electron chi connectivity index (χ1n) is 8.97. The molecule has 6 heteroatoms. The van der Waals surface area contributed by atoms with Crippen LogP contribution in [0.5, 0.6) is 0 Å². The summed E-state index contributed by atoms with van der Waals surface area (Å²) in [5.74, 6) is 0.682. The molecule has 1 aliphatic heterocycles. The second kappa shape index (κ2) is 6.41. The smallest absolute Gasteiger partial charge is 0.297 e. The number of amides is 1. The third-order valence-corrected chi connectivity index (χ3v) is 4.76. The van der Waals surface area contributed by atoms with Crippen LogP contribution in [0.3, 0.4) is 0 Å². The predicted octanol–water partition coefficient (Wildman–Crippen LogP) is 3.57. The van der Waals surface area contributed by atoms with E-state index in [1.807, 2.05) is 30.3 Å². The van der Waals surface area contributed by atoms with E-state index in [1.54, 1.807) is 16.9 Å². The first-order valence-corrected chi connectivity index (χ1v) is 8.97. The van der Waals surface area contributed by atoms with Gasteiger partial charge in [0.15, 0.2) is 5.69 Å². The molecule has 1 aromatic carbocycles. The summed E-state index contributed by atoms with van der Waals surface area (Å²) in [6, 6.07) is 20.2. The average molecular weight is 358 g/mol. The van der Waals surface area contributed by atoms with E-state index < -0.39 is 0 Å². The first-order chi connectivity index (χ1) is 13.3. The SMILES string of the molecule is O=C(c1ccn(-c2ccc3ccc(-c4ccccc4)cn23)n1)N1CCCO1. The lowest BCUT2D eigenvalue weighted by molar-refractivity contribution is -0.0772. The van der Waals surface area contributed by atoms with Gasteiger partial charge in [0.25, 0.3) is 5.91 Å². The molecule has 1 fully saturated rings. The minimum atomic E-state index is -0.197. The first kappa shape index (κ1) is 15.8. The van der Waals surface area contributed by atoms with Crippen molar-refractivity contribution >= 4 is 11.4 Å². The Morgan fingerprint density at radius 1 is 0.963 bits per heavy atom. The number of carbonyl (C=O) groups excluding carboxylic acids is 1. The highest BCUT2D eigenvalue weighted by atomic mass is 16.7. The van der Waals surface area contributed by atoms with Gasteiger partial charge in [-0.1, -0.05) is 36.4 Å². The van der Waals surface area contributed by atoms with Crippen LogP contribution in [0.15, 0.2) is 73.1 Å². The van der Waals surface area contributed by atoms with Crippen LogP contribution in [0.25, 0.3) is 22.5 Å². The lowest BCUT2D eigenvalue weighted by atomic mass is 10.1. The normalized spacial score (nSPS) is 14.1. The van der Waals surface area contributed by atoms with Gasteiger partial charge in [0, 0.05) is 17.9 Å². The standard InChI is InChI=1S/C21H18N4O2/c26-21(25-12-4-14-27-25)19-11-13-24(22-19)20-10-9-18-8-7-17(15-23(18)20)16-5-2-1-3-6-16/h1-3,5-11,13,15H,4,12,14H2. The van der Waals surface area contributed by atoms with Crippen molar-refractivity contribution in [2.75, 3.05) is 13.2 Å². The zero-order valence-corrected chi connectivity index (χ0v) is 14.7. The molecule has 0 atom stereocenters. The Labute approximate surface area is 156 Å². The maximum Gasteiger partial charge on any atom is 0.297 e. The van der Waals surface area contributed by atoms with Crippen molar-refractivity contribution in [3.8, 4) is 16.9 Å². The van der Waals surface area contributed by atoms with Gasteiger partial charge in [0.05, 0.1) is 13.2 Å². The van der Waals surface area contributed by atoms with E-state index in [-0.39, 0.29) is 5.91 Å². The monoisotopic (exact) mass is 358 g/mol. The molecule has 0 aliphatic carbocycles. The fraction of sp³-hybridized carbons (Fsp3) is 0.143. The Morgan fingerprint density at radius 2 is 1.81 bits per heavy atom. The second-order valence-electron chi connectivity index (χ2n) is 6.51. The van der Waals surface area contributed by atoms with Gasteiger partial charge < -0.3 is 4.40 Å². The number of aromatic nitrogens is 3. The van der Waals surface area contributed by atoms with Gasteiger partial charge in [0.2, 0.25) is 0 Å². The molecule has 0 N–H and O–H groups in total. The van der Waals surface area contributed by atoms with Gasteiger partial charge in [-0.15, -0.1) is 0 Å². The Bertz CT molecular complexity index is 1110. The van der Waals surface area contributed by atoms with Crippen molar-refractivity contribution in [1.82, 2.24) is 19.2 Å². The Kier molecular flexibility index (Phi) is 3.76. The summed E-state index contributed by atoms with van der Waals surface area (Å²) in [4.78, 5) is 17.8. The number of hydroxylamine groups is 2. The van der Waals surface area contributed by atoms with Crippen LogP contribution in [-0.4, -0.2) is 38.3 Å². The summed E-state index contributed by atoms with van der Waals surface area (Å²) >= 11 is 0. The zero-order valence-electron chi connectivity index (χ0n) is 14.7. The molecule has 0 bridgehead atoms. The maximum absolute atomic E-state index is 12.5. The van der Waals surface area contributed by atoms with E-state index >= 15 is 0 Å². The molecule has 0 radical (unpaired) electrons.